The third kappa shape index (κ3) is 4.43. The molecule has 0 fully saturated rings. The predicted molar refractivity (Wildman–Crippen MR) is 122 cm³/mol. The van der Waals surface area contributed by atoms with Gasteiger partial charge in [-0.1, -0.05) is 54.6 Å². The highest BCUT2D eigenvalue weighted by Gasteiger charge is 2.34. The van der Waals surface area contributed by atoms with Gasteiger partial charge >= 0.3 is 0 Å². The maximum atomic E-state index is 11.7. The Morgan fingerprint density at radius 3 is 2.35 bits per heavy atom. The summed E-state index contributed by atoms with van der Waals surface area (Å²) in [5, 5.41) is 16.1. The number of hydrogen-bond acceptors (Lipinski definition) is 5. The Morgan fingerprint density at radius 1 is 0.871 bits per heavy atom. The van der Waals surface area contributed by atoms with Crippen molar-refractivity contribution in [2.45, 2.75) is 12.0 Å². The highest BCUT2D eigenvalue weighted by molar-refractivity contribution is 5.78. The minimum atomic E-state index is -1.28. The molecular formula is C26H27NO4. The lowest BCUT2D eigenvalue weighted by atomic mass is 9.90. The number of hydrogen-bond donors (Lipinski definition) is 2. The number of rotatable bonds is 9. The van der Waals surface area contributed by atoms with Gasteiger partial charge < -0.3 is 24.3 Å². The topological polar surface area (TPSA) is 63.9 Å². The van der Waals surface area contributed by atoms with Gasteiger partial charge in [0.2, 0.25) is 0 Å². The fourth-order valence-electron chi connectivity index (χ4n) is 3.77. The van der Waals surface area contributed by atoms with Gasteiger partial charge in [-0.05, 0) is 48.4 Å². The Balaban J connectivity index is 1.51. The van der Waals surface area contributed by atoms with Gasteiger partial charge in [-0.15, -0.1) is 0 Å². The third-order valence-electron chi connectivity index (χ3n) is 5.50. The van der Waals surface area contributed by atoms with E-state index < -0.39 is 5.60 Å². The standard InChI is InChI=1S/C26H27NO4/c1-29-23-13-12-19(16-24(23)30-2)14-15-27-18-26(28,21-9-4-3-5-10-21)25-17-20-8-6-7-11-22(20)31-25/h3-13,16-17,27-28H,14-15,18H2,1-2H3/t26-/m1/s1. The van der Waals surface area contributed by atoms with Crippen LogP contribution >= 0.6 is 0 Å². The molecule has 1 atom stereocenters. The molecule has 1 aromatic heterocycles. The average Bonchev–Trinajstić information content (AvgIpc) is 3.27. The lowest BCUT2D eigenvalue weighted by Crippen LogP contribution is -2.39. The zero-order valence-electron chi connectivity index (χ0n) is 17.8. The fourth-order valence-corrected chi connectivity index (χ4v) is 3.77. The fraction of sp³-hybridized carbons (Fsp3) is 0.231. The van der Waals surface area contributed by atoms with E-state index in [0.29, 0.717) is 30.3 Å². The zero-order valence-corrected chi connectivity index (χ0v) is 17.8. The summed E-state index contributed by atoms with van der Waals surface area (Å²) in [6.07, 6.45) is 0.783. The number of para-hydroxylation sites is 1. The molecule has 4 rings (SSSR count). The largest absolute Gasteiger partial charge is 0.493 e. The zero-order chi connectivity index (χ0) is 21.7. The molecule has 0 saturated carbocycles. The quantitative estimate of drug-likeness (QED) is 0.392. The van der Waals surface area contributed by atoms with Gasteiger partial charge in [0, 0.05) is 11.9 Å². The van der Waals surface area contributed by atoms with Crippen LogP contribution in [0.1, 0.15) is 16.9 Å². The second-order valence-corrected chi connectivity index (χ2v) is 7.49. The molecule has 4 aromatic rings. The van der Waals surface area contributed by atoms with Crippen LogP contribution in [0.25, 0.3) is 11.0 Å². The number of aliphatic hydroxyl groups is 1. The van der Waals surface area contributed by atoms with E-state index in [1.165, 1.54) is 0 Å². The monoisotopic (exact) mass is 417 g/mol. The number of methoxy groups -OCH3 is 2. The highest BCUT2D eigenvalue weighted by atomic mass is 16.5. The summed E-state index contributed by atoms with van der Waals surface area (Å²) in [6, 6.07) is 25.2. The smallest absolute Gasteiger partial charge is 0.160 e. The van der Waals surface area contributed by atoms with Crippen LogP contribution in [0.4, 0.5) is 0 Å². The van der Waals surface area contributed by atoms with Crippen molar-refractivity contribution in [3.05, 3.63) is 95.7 Å². The van der Waals surface area contributed by atoms with E-state index in [1.807, 2.05) is 78.9 Å². The number of ether oxygens (including phenoxy) is 2. The van der Waals surface area contributed by atoms with E-state index >= 15 is 0 Å². The van der Waals surface area contributed by atoms with Crippen LogP contribution in [0.2, 0.25) is 0 Å². The molecule has 0 aliphatic heterocycles. The molecule has 0 unspecified atom stereocenters. The van der Waals surface area contributed by atoms with Crippen molar-refractivity contribution in [1.82, 2.24) is 5.32 Å². The normalized spacial score (nSPS) is 13.1. The molecule has 160 valence electrons. The molecule has 0 aliphatic rings. The molecule has 0 saturated heterocycles. The molecule has 0 radical (unpaired) electrons. The summed E-state index contributed by atoms with van der Waals surface area (Å²) in [7, 11) is 3.26. The van der Waals surface area contributed by atoms with E-state index in [9.17, 15) is 5.11 Å². The van der Waals surface area contributed by atoms with Crippen LogP contribution in [0, 0.1) is 0 Å². The van der Waals surface area contributed by atoms with Gasteiger partial charge in [0.25, 0.3) is 0 Å². The van der Waals surface area contributed by atoms with E-state index in [2.05, 4.69) is 5.32 Å². The molecule has 0 amide bonds. The van der Waals surface area contributed by atoms with Crippen molar-refractivity contribution in [2.24, 2.45) is 0 Å². The second-order valence-electron chi connectivity index (χ2n) is 7.49. The molecule has 2 N–H and O–H groups in total. The molecule has 0 spiro atoms. The Hall–Kier alpha value is -3.28. The van der Waals surface area contributed by atoms with Crippen molar-refractivity contribution in [2.75, 3.05) is 27.3 Å². The summed E-state index contributed by atoms with van der Waals surface area (Å²) in [5.41, 5.74) is 1.39. The molecule has 31 heavy (non-hydrogen) atoms. The van der Waals surface area contributed by atoms with Crippen molar-refractivity contribution in [3.63, 3.8) is 0 Å². The first-order chi connectivity index (χ1) is 15.1. The van der Waals surface area contributed by atoms with Crippen molar-refractivity contribution < 1.29 is 19.0 Å². The van der Waals surface area contributed by atoms with E-state index in [-0.39, 0.29) is 0 Å². The number of furan rings is 1. The van der Waals surface area contributed by atoms with E-state index in [4.69, 9.17) is 13.9 Å². The molecular weight excluding hydrogens is 390 g/mol. The Bertz CT molecular complexity index is 1110. The summed E-state index contributed by atoms with van der Waals surface area (Å²) >= 11 is 0. The highest BCUT2D eigenvalue weighted by Crippen LogP contribution is 2.33. The molecule has 0 bridgehead atoms. The Morgan fingerprint density at radius 2 is 1.61 bits per heavy atom. The summed E-state index contributed by atoms with van der Waals surface area (Å²) in [4.78, 5) is 0. The number of nitrogens with one attached hydrogen (secondary N) is 1. The second kappa shape index (κ2) is 9.25. The van der Waals surface area contributed by atoms with Crippen molar-refractivity contribution >= 4 is 11.0 Å². The lowest BCUT2D eigenvalue weighted by Gasteiger charge is -2.27. The van der Waals surface area contributed by atoms with Gasteiger partial charge in [-0.25, -0.2) is 0 Å². The average molecular weight is 418 g/mol. The van der Waals surface area contributed by atoms with Gasteiger partial charge in [0.05, 0.1) is 14.2 Å². The summed E-state index contributed by atoms with van der Waals surface area (Å²) < 4.78 is 16.7. The van der Waals surface area contributed by atoms with Crippen molar-refractivity contribution in [1.29, 1.82) is 0 Å². The van der Waals surface area contributed by atoms with Gasteiger partial charge in [0.1, 0.15) is 11.3 Å². The molecule has 1 heterocycles. The first kappa shape index (κ1) is 21.0. The van der Waals surface area contributed by atoms with Crippen LogP contribution in [-0.2, 0) is 12.0 Å². The summed E-state index contributed by atoms with van der Waals surface area (Å²) in [5.74, 6) is 1.95. The minimum Gasteiger partial charge on any atom is -0.493 e. The Kier molecular flexibility index (Phi) is 6.26. The summed E-state index contributed by atoms with van der Waals surface area (Å²) in [6.45, 7) is 1.01. The van der Waals surface area contributed by atoms with Crippen LogP contribution in [0.5, 0.6) is 11.5 Å². The first-order valence-electron chi connectivity index (χ1n) is 10.3. The van der Waals surface area contributed by atoms with E-state index in [1.54, 1.807) is 14.2 Å². The van der Waals surface area contributed by atoms with Crippen LogP contribution < -0.4 is 14.8 Å². The van der Waals surface area contributed by atoms with Crippen LogP contribution in [-0.4, -0.2) is 32.4 Å². The van der Waals surface area contributed by atoms with Gasteiger partial charge in [-0.3, -0.25) is 0 Å². The predicted octanol–water partition coefficient (Wildman–Crippen LogP) is 4.52. The van der Waals surface area contributed by atoms with E-state index in [0.717, 1.165) is 28.5 Å². The lowest BCUT2D eigenvalue weighted by molar-refractivity contribution is 0.0584. The maximum absolute atomic E-state index is 11.7. The van der Waals surface area contributed by atoms with Crippen LogP contribution in [0.3, 0.4) is 0 Å². The van der Waals surface area contributed by atoms with Crippen LogP contribution in [0.15, 0.2) is 83.3 Å². The maximum Gasteiger partial charge on any atom is 0.160 e. The number of benzene rings is 3. The third-order valence-corrected chi connectivity index (χ3v) is 5.50. The number of fused-ring (bicyclic) bond motifs is 1. The SMILES string of the molecule is COc1ccc(CCNC[C@@](O)(c2ccccc2)c2cc3ccccc3o2)cc1OC. The van der Waals surface area contributed by atoms with Crippen molar-refractivity contribution in [3.8, 4) is 11.5 Å². The molecule has 5 nitrogen and oxygen atoms in total. The first-order valence-corrected chi connectivity index (χ1v) is 10.3. The Labute approximate surface area is 182 Å². The minimum absolute atomic E-state index is 0.324. The van der Waals surface area contributed by atoms with Gasteiger partial charge in [-0.2, -0.15) is 0 Å². The molecule has 0 aliphatic carbocycles. The molecule has 5 heteroatoms. The molecule has 3 aromatic carbocycles. The van der Waals surface area contributed by atoms with Gasteiger partial charge in [0.15, 0.2) is 17.1 Å².